The van der Waals surface area contributed by atoms with Crippen LogP contribution in [0, 0.1) is 0 Å². The molecule has 0 aliphatic carbocycles. The molecule has 4 heteroatoms. The number of rotatable bonds is 3. The van der Waals surface area contributed by atoms with Crippen LogP contribution in [0.1, 0.15) is 10.4 Å². The van der Waals surface area contributed by atoms with Gasteiger partial charge in [-0.3, -0.25) is 0 Å². The summed E-state index contributed by atoms with van der Waals surface area (Å²) < 4.78 is 0. The van der Waals surface area contributed by atoms with Crippen LogP contribution in [0.5, 0.6) is 0 Å². The van der Waals surface area contributed by atoms with Gasteiger partial charge in [-0.15, -0.1) is 0 Å². The Morgan fingerprint density at radius 2 is 1.74 bits per heavy atom. The van der Waals surface area contributed by atoms with Crippen LogP contribution in [0.4, 0.5) is 5.69 Å². The summed E-state index contributed by atoms with van der Waals surface area (Å²) in [4.78, 5) is 13.3. The van der Waals surface area contributed by atoms with E-state index in [1.807, 2.05) is 63.2 Å². The Kier molecular flexibility index (Phi) is 3.60. The molecule has 0 radical (unpaired) electrons. The summed E-state index contributed by atoms with van der Waals surface area (Å²) in [6.07, 6.45) is 0. The van der Waals surface area contributed by atoms with Crippen molar-refractivity contribution >= 4 is 25.0 Å². The minimum atomic E-state index is -0.903. The van der Waals surface area contributed by atoms with Gasteiger partial charge < -0.3 is 10.0 Å². The fraction of sp³-hybridized carbons (Fsp3) is 0.133. The average Bonchev–Trinajstić information content (AvgIpc) is 2.38. The first-order valence-electron chi connectivity index (χ1n) is 6.11. The minimum Gasteiger partial charge on any atom is -0.478 e. The molecule has 0 saturated carbocycles. The van der Waals surface area contributed by atoms with E-state index < -0.39 is 5.97 Å². The normalized spacial score (nSPS) is 10.2. The highest BCUT2D eigenvalue weighted by Gasteiger charge is 2.13. The maximum absolute atomic E-state index is 11.4. The summed E-state index contributed by atoms with van der Waals surface area (Å²) in [7, 11) is 5.80. The van der Waals surface area contributed by atoms with Crippen LogP contribution in [0.3, 0.4) is 0 Å². The summed E-state index contributed by atoms with van der Waals surface area (Å²) in [6, 6.07) is 13.4. The molecule has 0 bridgehead atoms. The molecule has 1 N–H and O–H groups in total. The summed E-state index contributed by atoms with van der Waals surface area (Å²) in [6.45, 7) is 0. The highest BCUT2D eigenvalue weighted by molar-refractivity contribution is 6.32. The van der Waals surface area contributed by atoms with E-state index in [2.05, 4.69) is 0 Å². The standard InChI is InChI=1S/C15H16BNO2/c1-17(2)12-7-8-13(14(9-12)15(18)19)10-3-5-11(16)6-4-10/h3-9H,16H2,1-2H3,(H,18,19). The second kappa shape index (κ2) is 5.18. The van der Waals surface area contributed by atoms with Crippen molar-refractivity contribution < 1.29 is 9.90 Å². The van der Waals surface area contributed by atoms with Crippen molar-refractivity contribution in [1.29, 1.82) is 0 Å². The van der Waals surface area contributed by atoms with Crippen LogP contribution < -0.4 is 10.4 Å². The largest absolute Gasteiger partial charge is 0.478 e. The minimum absolute atomic E-state index is 0.329. The molecule has 0 heterocycles. The molecule has 0 aromatic heterocycles. The number of carbonyl (C=O) groups is 1. The first-order valence-corrected chi connectivity index (χ1v) is 6.11. The number of aromatic carboxylic acids is 1. The van der Waals surface area contributed by atoms with Crippen LogP contribution >= 0.6 is 0 Å². The van der Waals surface area contributed by atoms with E-state index in [0.29, 0.717) is 5.56 Å². The van der Waals surface area contributed by atoms with Crippen LogP contribution in [-0.2, 0) is 0 Å². The van der Waals surface area contributed by atoms with Crippen LogP contribution in [-0.4, -0.2) is 33.0 Å². The Labute approximate surface area is 113 Å². The van der Waals surface area contributed by atoms with Gasteiger partial charge in [-0.1, -0.05) is 35.8 Å². The lowest BCUT2D eigenvalue weighted by Crippen LogP contribution is -2.10. The van der Waals surface area contributed by atoms with Crippen LogP contribution in [0.2, 0.25) is 0 Å². The maximum Gasteiger partial charge on any atom is 0.336 e. The molecule has 2 aromatic carbocycles. The van der Waals surface area contributed by atoms with Gasteiger partial charge in [0.05, 0.1) is 5.56 Å². The first-order chi connectivity index (χ1) is 8.99. The van der Waals surface area contributed by atoms with Crippen molar-refractivity contribution in [2.45, 2.75) is 0 Å². The molecule has 3 nitrogen and oxygen atoms in total. The molecule has 0 unspecified atom stereocenters. The van der Waals surface area contributed by atoms with E-state index in [9.17, 15) is 9.90 Å². The fourth-order valence-corrected chi connectivity index (χ4v) is 1.97. The molecule has 96 valence electrons. The Bertz CT molecular complexity index is 606. The summed E-state index contributed by atoms with van der Waals surface area (Å²) in [5, 5.41) is 9.37. The molecular weight excluding hydrogens is 237 g/mol. The predicted octanol–water partition coefficient (Wildman–Crippen LogP) is 1.38. The SMILES string of the molecule is Bc1ccc(-c2ccc(N(C)C)cc2C(=O)O)cc1. The van der Waals surface area contributed by atoms with Gasteiger partial charge >= 0.3 is 5.97 Å². The van der Waals surface area contributed by atoms with E-state index in [0.717, 1.165) is 22.3 Å². The van der Waals surface area contributed by atoms with Crippen LogP contribution in [0.25, 0.3) is 11.1 Å². The van der Waals surface area contributed by atoms with Gasteiger partial charge in [0.1, 0.15) is 7.85 Å². The van der Waals surface area contributed by atoms with Gasteiger partial charge in [-0.05, 0) is 23.3 Å². The maximum atomic E-state index is 11.4. The zero-order valence-electron chi connectivity index (χ0n) is 11.3. The molecule has 0 saturated heterocycles. The number of carboxylic acids is 1. The quantitative estimate of drug-likeness (QED) is 0.840. The van der Waals surface area contributed by atoms with Crippen LogP contribution in [0.15, 0.2) is 42.5 Å². The molecule has 0 atom stereocenters. The second-order valence-corrected chi connectivity index (χ2v) is 4.80. The van der Waals surface area contributed by atoms with Crippen molar-refractivity contribution in [3.63, 3.8) is 0 Å². The molecule has 2 aromatic rings. The lowest BCUT2D eigenvalue weighted by Gasteiger charge is -2.15. The third-order valence-corrected chi connectivity index (χ3v) is 3.11. The Hall–Kier alpha value is -2.23. The zero-order valence-corrected chi connectivity index (χ0v) is 11.3. The monoisotopic (exact) mass is 253 g/mol. The number of benzene rings is 2. The molecule has 0 aliphatic heterocycles. The van der Waals surface area contributed by atoms with E-state index in [-0.39, 0.29) is 0 Å². The third-order valence-electron chi connectivity index (χ3n) is 3.11. The topological polar surface area (TPSA) is 40.5 Å². The van der Waals surface area contributed by atoms with E-state index in [1.165, 1.54) is 0 Å². The van der Waals surface area contributed by atoms with Gasteiger partial charge in [0.2, 0.25) is 0 Å². The van der Waals surface area contributed by atoms with Gasteiger partial charge in [-0.25, -0.2) is 4.79 Å². The molecule has 0 amide bonds. The highest BCUT2D eigenvalue weighted by Crippen LogP contribution is 2.27. The van der Waals surface area contributed by atoms with Crippen molar-refractivity contribution in [2.75, 3.05) is 19.0 Å². The molecule has 0 fully saturated rings. The summed E-state index contributed by atoms with van der Waals surface area (Å²) in [5.74, 6) is -0.903. The van der Waals surface area contributed by atoms with Gasteiger partial charge in [0.15, 0.2) is 0 Å². The lowest BCUT2D eigenvalue weighted by atomic mass is 9.92. The lowest BCUT2D eigenvalue weighted by molar-refractivity contribution is 0.0698. The second-order valence-electron chi connectivity index (χ2n) is 4.80. The van der Waals surface area contributed by atoms with Crippen molar-refractivity contribution in [3.8, 4) is 11.1 Å². The van der Waals surface area contributed by atoms with Crippen molar-refractivity contribution in [3.05, 3.63) is 48.0 Å². The number of hydrogen-bond donors (Lipinski definition) is 1. The highest BCUT2D eigenvalue weighted by atomic mass is 16.4. The van der Waals surface area contributed by atoms with E-state index in [1.54, 1.807) is 6.07 Å². The smallest absolute Gasteiger partial charge is 0.336 e. The summed E-state index contributed by atoms with van der Waals surface area (Å²) in [5.41, 5.74) is 4.04. The molecule has 0 aliphatic rings. The average molecular weight is 253 g/mol. The number of nitrogens with zero attached hydrogens (tertiary/aromatic N) is 1. The third kappa shape index (κ3) is 2.79. The van der Waals surface area contributed by atoms with Gasteiger partial charge in [0, 0.05) is 19.8 Å². The number of hydrogen-bond acceptors (Lipinski definition) is 2. The molecule has 2 rings (SSSR count). The first kappa shape index (κ1) is 13.2. The Morgan fingerprint density at radius 1 is 1.11 bits per heavy atom. The Morgan fingerprint density at radius 3 is 2.26 bits per heavy atom. The zero-order chi connectivity index (χ0) is 14.0. The van der Waals surface area contributed by atoms with Crippen molar-refractivity contribution in [1.82, 2.24) is 0 Å². The van der Waals surface area contributed by atoms with Gasteiger partial charge in [0.25, 0.3) is 0 Å². The Balaban J connectivity index is 2.56. The van der Waals surface area contributed by atoms with E-state index >= 15 is 0 Å². The van der Waals surface area contributed by atoms with E-state index in [4.69, 9.17) is 0 Å². The summed E-state index contributed by atoms with van der Waals surface area (Å²) >= 11 is 0. The number of anilines is 1. The van der Waals surface area contributed by atoms with Crippen molar-refractivity contribution in [2.24, 2.45) is 0 Å². The number of carboxylic acid groups (broad SMARTS) is 1. The van der Waals surface area contributed by atoms with Gasteiger partial charge in [-0.2, -0.15) is 0 Å². The molecule has 19 heavy (non-hydrogen) atoms. The fourth-order valence-electron chi connectivity index (χ4n) is 1.97. The molecular formula is C15H16BNO2. The predicted molar refractivity (Wildman–Crippen MR) is 81.3 cm³/mol. The molecule has 0 spiro atoms.